The molecule has 0 aliphatic carbocycles. The van der Waals surface area contributed by atoms with Crippen LogP contribution in [0, 0.1) is 21.7 Å². The fourth-order valence-corrected chi connectivity index (χ4v) is 6.86. The summed E-state index contributed by atoms with van der Waals surface area (Å²) in [5, 5.41) is 0. The fraction of sp³-hybridized carbons (Fsp3) is 0.579. The van der Waals surface area contributed by atoms with Gasteiger partial charge < -0.3 is 0 Å². The molecule has 0 radical (unpaired) electrons. The van der Waals surface area contributed by atoms with Gasteiger partial charge in [-0.1, -0.05) is 0 Å². The topological polar surface area (TPSA) is 0 Å². The van der Waals surface area contributed by atoms with Crippen molar-refractivity contribution < 1.29 is 34.3 Å². The van der Waals surface area contributed by atoms with Crippen molar-refractivity contribution in [2.75, 3.05) is 0 Å². The summed E-state index contributed by atoms with van der Waals surface area (Å²) in [6.45, 7) is 40.7. The second-order valence-electron chi connectivity index (χ2n) is 14.5. The van der Waals surface area contributed by atoms with E-state index >= 15 is 0 Å². The third-order valence-electron chi connectivity index (χ3n) is 6.49. The Labute approximate surface area is 267 Å². The molecule has 0 amide bonds. The van der Waals surface area contributed by atoms with Crippen LogP contribution in [0.1, 0.15) is 125 Å². The summed E-state index contributed by atoms with van der Waals surface area (Å²) in [6, 6.07) is 0. The van der Waals surface area contributed by atoms with Gasteiger partial charge >= 0.3 is 269 Å². The molecule has 0 aliphatic rings. The van der Waals surface area contributed by atoms with Crippen LogP contribution < -0.4 is 0 Å². The van der Waals surface area contributed by atoms with Crippen molar-refractivity contribution >= 4 is 0 Å². The van der Waals surface area contributed by atoms with Crippen LogP contribution in [0.15, 0.2) is 88.6 Å². The molecule has 232 valence electrons. The van der Waals surface area contributed by atoms with Crippen LogP contribution in [-0.4, -0.2) is 0 Å². The van der Waals surface area contributed by atoms with E-state index in [1.54, 1.807) is 0 Å². The van der Waals surface area contributed by atoms with Gasteiger partial charge in [0, 0.05) is 0 Å². The molecule has 0 unspecified atom stereocenters. The van der Waals surface area contributed by atoms with Gasteiger partial charge in [0.25, 0.3) is 0 Å². The molecule has 2 heteroatoms. The van der Waals surface area contributed by atoms with Crippen molar-refractivity contribution in [3.8, 4) is 0 Å². The Morgan fingerprint density at radius 3 is 1.00 bits per heavy atom. The molecule has 0 aromatic heterocycles. The van der Waals surface area contributed by atoms with E-state index in [0.29, 0.717) is 0 Å². The summed E-state index contributed by atoms with van der Waals surface area (Å²) in [7, 11) is 0. The molecule has 0 saturated heterocycles. The van der Waals surface area contributed by atoms with Crippen LogP contribution in [-0.2, 0) is 34.3 Å². The molecule has 0 fully saturated rings. The van der Waals surface area contributed by atoms with E-state index in [-0.39, 0.29) is 55.9 Å². The monoisotopic (exact) mass is 724 g/mol. The van der Waals surface area contributed by atoms with Gasteiger partial charge in [-0.2, -0.15) is 0 Å². The normalized spacial score (nSPS) is 16.4. The average Bonchev–Trinajstić information content (AvgIpc) is 2.77. The molecule has 0 aromatic rings. The Morgan fingerprint density at radius 1 is 0.475 bits per heavy atom. The van der Waals surface area contributed by atoms with Crippen molar-refractivity contribution in [1.29, 1.82) is 0 Å². The van der Waals surface area contributed by atoms with Crippen LogP contribution in [0.5, 0.6) is 0 Å². The van der Waals surface area contributed by atoms with Crippen LogP contribution >= 0.6 is 0 Å². The zero-order chi connectivity index (χ0) is 31.9. The Hall–Kier alpha value is -0.833. The summed E-state index contributed by atoms with van der Waals surface area (Å²) in [5.74, 6) is 0. The molecule has 0 aromatic carbocycles. The summed E-state index contributed by atoms with van der Waals surface area (Å²) < 4.78 is 7.99. The minimum atomic E-state index is 0.0640. The van der Waals surface area contributed by atoms with Gasteiger partial charge in [-0.25, -0.2) is 0 Å². The van der Waals surface area contributed by atoms with E-state index in [1.807, 2.05) is 13.8 Å². The minimum absolute atomic E-state index is 0.0640. The molecule has 0 rings (SSSR count). The Balaban J connectivity index is 0. The van der Waals surface area contributed by atoms with E-state index < -0.39 is 0 Å². The molecule has 0 heterocycles. The van der Waals surface area contributed by atoms with Gasteiger partial charge in [0.15, 0.2) is 0 Å². The summed E-state index contributed by atoms with van der Waals surface area (Å²) in [4.78, 5) is 0. The van der Waals surface area contributed by atoms with Crippen LogP contribution in [0.3, 0.4) is 0 Å². The first kappa shape index (κ1) is 41.3. The standard InChI is InChI=1S/2C13H23.2C6H9.2Ru/c2*1-10(12(3,4)5)9-11(2)13(6,7)8;2*1-3-5-6-4-2;;/h2*1,9H,2-8H3;2*3,5-6H,1-2H3;;. The SMILES string of the molecule is CC(=CC(=[CH][Ru][CH]=C(C=C(C)C(C)(C)C)C(C)(C)C)C(C)(C)C)C(C)(C)C.CC=CC=[C](C)[Ru][C](C)=CC=CC. The second-order valence-corrected chi connectivity index (χ2v) is 19.3. The molecule has 0 N–H and O–H groups in total. The van der Waals surface area contributed by atoms with Gasteiger partial charge in [-0.05, 0) is 0 Å². The van der Waals surface area contributed by atoms with Crippen molar-refractivity contribution in [3.05, 3.63) is 88.6 Å². The maximum atomic E-state index is 2.51. The van der Waals surface area contributed by atoms with Crippen molar-refractivity contribution in [2.24, 2.45) is 21.7 Å². The summed E-state index contributed by atoms with van der Waals surface area (Å²) in [6.07, 6.45) is 17.6. The van der Waals surface area contributed by atoms with Gasteiger partial charge in [-0.15, -0.1) is 0 Å². The van der Waals surface area contributed by atoms with Crippen LogP contribution in [0.4, 0.5) is 0 Å². The molecule has 0 atom stereocenters. The number of allylic oxidation sites excluding steroid dienone is 14. The predicted octanol–water partition coefficient (Wildman–Crippen LogP) is 12.9. The van der Waals surface area contributed by atoms with Crippen LogP contribution in [0.25, 0.3) is 0 Å². The second kappa shape index (κ2) is 18.7. The Morgan fingerprint density at radius 2 is 0.775 bits per heavy atom. The predicted molar refractivity (Wildman–Crippen MR) is 179 cm³/mol. The van der Waals surface area contributed by atoms with Crippen LogP contribution in [0.2, 0.25) is 0 Å². The first-order valence-corrected chi connectivity index (χ1v) is 18.3. The van der Waals surface area contributed by atoms with Crippen molar-refractivity contribution in [2.45, 2.75) is 125 Å². The fourth-order valence-electron chi connectivity index (χ4n) is 2.59. The molecular weight excluding hydrogens is 659 g/mol. The third-order valence-corrected chi connectivity index (χ3v) is 10.1. The zero-order valence-corrected chi connectivity index (χ0v) is 33.0. The Bertz CT molecular complexity index is 921. The molecule has 0 nitrogen and oxygen atoms in total. The molecular formula is C38H64Ru2. The van der Waals surface area contributed by atoms with E-state index in [1.165, 1.54) is 30.6 Å². The summed E-state index contributed by atoms with van der Waals surface area (Å²) in [5.41, 5.74) is 6.63. The van der Waals surface area contributed by atoms with Crippen molar-refractivity contribution in [1.82, 2.24) is 0 Å². The van der Waals surface area contributed by atoms with E-state index in [9.17, 15) is 0 Å². The maximum absolute atomic E-state index is 2.51. The quantitative estimate of drug-likeness (QED) is 0.173. The van der Waals surface area contributed by atoms with Gasteiger partial charge in [0.1, 0.15) is 0 Å². The summed E-state index contributed by atoms with van der Waals surface area (Å²) >= 11 is 0.334. The van der Waals surface area contributed by atoms with Gasteiger partial charge in [0.2, 0.25) is 0 Å². The first-order valence-electron chi connectivity index (χ1n) is 14.6. The molecule has 0 bridgehead atoms. The molecule has 0 aliphatic heterocycles. The number of hydrogen-bond donors (Lipinski definition) is 0. The van der Waals surface area contributed by atoms with Crippen molar-refractivity contribution in [3.63, 3.8) is 0 Å². The molecule has 0 spiro atoms. The molecule has 40 heavy (non-hydrogen) atoms. The zero-order valence-electron chi connectivity index (χ0n) is 29.5. The van der Waals surface area contributed by atoms with Gasteiger partial charge in [-0.3, -0.25) is 0 Å². The third kappa shape index (κ3) is 20.1. The van der Waals surface area contributed by atoms with E-state index in [0.717, 1.165) is 0 Å². The van der Waals surface area contributed by atoms with E-state index in [4.69, 9.17) is 0 Å². The first-order chi connectivity index (χ1) is 18.0. The average molecular weight is 723 g/mol. The van der Waals surface area contributed by atoms with Gasteiger partial charge in [0.05, 0.1) is 0 Å². The van der Waals surface area contributed by atoms with E-state index in [2.05, 4.69) is 169 Å². The Kier molecular flexibility index (Phi) is 19.3. The number of hydrogen-bond acceptors (Lipinski definition) is 0. The number of rotatable bonds is 8. The molecule has 0 saturated carbocycles.